The molecule has 0 saturated heterocycles. The number of amides is 1. The number of thiophene rings is 1. The van der Waals surface area contributed by atoms with Crippen LogP contribution in [0.4, 0.5) is 0 Å². The molecule has 1 atom stereocenters. The van der Waals surface area contributed by atoms with Gasteiger partial charge in [-0.05, 0) is 42.5 Å². The molecule has 1 amide bonds. The first-order valence-corrected chi connectivity index (χ1v) is 9.63. The molecule has 1 aromatic heterocycles. The summed E-state index contributed by atoms with van der Waals surface area (Å²) in [5.74, 6) is 0.752. The van der Waals surface area contributed by atoms with Crippen molar-refractivity contribution in [3.8, 4) is 17.2 Å². The van der Waals surface area contributed by atoms with Crippen LogP contribution in [0.25, 0.3) is 0 Å². The van der Waals surface area contributed by atoms with E-state index in [1.54, 1.807) is 23.5 Å². The highest BCUT2D eigenvalue weighted by Gasteiger charge is 2.15. The Morgan fingerprint density at radius 1 is 1.11 bits per heavy atom. The third-order valence-corrected chi connectivity index (χ3v) is 5.11. The second-order valence-corrected chi connectivity index (χ2v) is 6.98. The van der Waals surface area contributed by atoms with E-state index in [1.807, 2.05) is 24.4 Å². The summed E-state index contributed by atoms with van der Waals surface area (Å²) in [5, 5.41) is 4.75. The monoisotopic (exact) mass is 407 g/mol. The summed E-state index contributed by atoms with van der Waals surface area (Å²) >= 11 is 1.56. The van der Waals surface area contributed by atoms with Crippen LogP contribution in [0.5, 0.6) is 17.2 Å². The summed E-state index contributed by atoms with van der Waals surface area (Å²) in [6, 6.07) is 7.31. The molecule has 1 N–H and O–H groups in total. The molecule has 7 nitrogen and oxygen atoms in total. The Bertz CT molecular complexity index is 765. The molecule has 0 saturated carbocycles. The molecule has 0 radical (unpaired) electrons. The normalized spacial score (nSPS) is 11.4. The van der Waals surface area contributed by atoms with Crippen LogP contribution in [0.1, 0.15) is 29.8 Å². The SMILES string of the molecule is COc1cc(CCC(=O)OCC(=O)N[C@@H](C)c2cccs2)cc(OC)c1OC. The van der Waals surface area contributed by atoms with Gasteiger partial charge in [-0.1, -0.05) is 6.07 Å². The highest BCUT2D eigenvalue weighted by atomic mass is 32.1. The Morgan fingerprint density at radius 2 is 1.79 bits per heavy atom. The molecule has 152 valence electrons. The van der Waals surface area contributed by atoms with Crippen molar-refractivity contribution in [1.29, 1.82) is 0 Å². The first-order chi connectivity index (χ1) is 13.5. The van der Waals surface area contributed by atoms with Crippen LogP contribution in [0.2, 0.25) is 0 Å². The number of esters is 1. The fraction of sp³-hybridized carbons (Fsp3) is 0.400. The van der Waals surface area contributed by atoms with Gasteiger partial charge in [-0.3, -0.25) is 9.59 Å². The molecule has 2 rings (SSSR count). The highest BCUT2D eigenvalue weighted by molar-refractivity contribution is 7.10. The predicted octanol–water partition coefficient (Wildman–Crippen LogP) is 3.13. The van der Waals surface area contributed by atoms with E-state index in [-0.39, 0.29) is 25.0 Å². The fourth-order valence-corrected chi connectivity index (χ4v) is 3.37. The molecule has 0 aliphatic rings. The number of hydrogen-bond donors (Lipinski definition) is 1. The van der Waals surface area contributed by atoms with Crippen LogP contribution in [0.3, 0.4) is 0 Å². The quantitative estimate of drug-likeness (QED) is 0.610. The maximum Gasteiger partial charge on any atom is 0.306 e. The van der Waals surface area contributed by atoms with Crippen molar-refractivity contribution >= 4 is 23.2 Å². The number of rotatable bonds is 10. The molecule has 0 unspecified atom stereocenters. The molecule has 8 heteroatoms. The molecule has 2 aromatic rings. The average molecular weight is 407 g/mol. The zero-order chi connectivity index (χ0) is 20.5. The lowest BCUT2D eigenvalue weighted by Gasteiger charge is -2.14. The van der Waals surface area contributed by atoms with E-state index in [0.29, 0.717) is 23.7 Å². The molecule has 0 fully saturated rings. The lowest BCUT2D eigenvalue weighted by Crippen LogP contribution is -2.30. The zero-order valence-corrected chi connectivity index (χ0v) is 17.3. The Morgan fingerprint density at radius 3 is 2.32 bits per heavy atom. The maximum absolute atomic E-state index is 12.0. The van der Waals surface area contributed by atoms with E-state index in [9.17, 15) is 9.59 Å². The summed E-state index contributed by atoms with van der Waals surface area (Å²) in [6.07, 6.45) is 0.551. The largest absolute Gasteiger partial charge is 0.493 e. The Balaban J connectivity index is 1.83. The predicted molar refractivity (Wildman–Crippen MR) is 106 cm³/mol. The van der Waals surface area contributed by atoms with Crippen LogP contribution in [0, 0.1) is 0 Å². The van der Waals surface area contributed by atoms with Gasteiger partial charge in [0, 0.05) is 11.3 Å². The summed E-state index contributed by atoms with van der Waals surface area (Å²) in [4.78, 5) is 25.0. The Hall–Kier alpha value is -2.74. The van der Waals surface area contributed by atoms with Gasteiger partial charge in [0.2, 0.25) is 5.75 Å². The third-order valence-electron chi connectivity index (χ3n) is 4.05. The minimum atomic E-state index is -0.451. The lowest BCUT2D eigenvalue weighted by atomic mass is 10.1. The van der Waals surface area contributed by atoms with Gasteiger partial charge in [0.15, 0.2) is 18.1 Å². The first kappa shape index (κ1) is 21.6. The van der Waals surface area contributed by atoms with Crippen molar-refractivity contribution in [3.05, 3.63) is 40.1 Å². The van der Waals surface area contributed by atoms with Crippen molar-refractivity contribution < 1.29 is 28.5 Å². The van der Waals surface area contributed by atoms with Crippen molar-refractivity contribution in [1.82, 2.24) is 5.32 Å². The molecular formula is C20H25NO6S. The summed E-state index contributed by atoms with van der Waals surface area (Å²) in [6.45, 7) is 1.58. The zero-order valence-electron chi connectivity index (χ0n) is 16.4. The average Bonchev–Trinajstić information content (AvgIpc) is 3.24. The Labute approximate surface area is 168 Å². The first-order valence-electron chi connectivity index (χ1n) is 8.75. The molecule has 0 aliphatic heterocycles. The molecular weight excluding hydrogens is 382 g/mol. The van der Waals surface area contributed by atoms with Gasteiger partial charge in [0.1, 0.15) is 0 Å². The van der Waals surface area contributed by atoms with Crippen LogP contribution in [-0.4, -0.2) is 39.8 Å². The van der Waals surface area contributed by atoms with Crippen LogP contribution < -0.4 is 19.5 Å². The third kappa shape index (κ3) is 5.88. The van der Waals surface area contributed by atoms with Crippen molar-refractivity contribution in [2.75, 3.05) is 27.9 Å². The van der Waals surface area contributed by atoms with E-state index in [1.165, 1.54) is 21.3 Å². The lowest BCUT2D eigenvalue weighted by molar-refractivity contribution is -0.148. The summed E-state index contributed by atoms with van der Waals surface area (Å²) in [7, 11) is 4.60. The summed E-state index contributed by atoms with van der Waals surface area (Å²) in [5.41, 5.74) is 0.835. The van der Waals surface area contributed by atoms with Gasteiger partial charge in [-0.2, -0.15) is 0 Å². The molecule has 28 heavy (non-hydrogen) atoms. The van der Waals surface area contributed by atoms with Gasteiger partial charge in [-0.25, -0.2) is 0 Å². The summed E-state index contributed by atoms with van der Waals surface area (Å²) < 4.78 is 20.9. The number of carbonyl (C=O) groups is 2. The van der Waals surface area contributed by atoms with Crippen molar-refractivity contribution in [2.24, 2.45) is 0 Å². The molecule has 1 heterocycles. The van der Waals surface area contributed by atoms with Crippen LogP contribution in [0.15, 0.2) is 29.6 Å². The number of benzene rings is 1. The second kappa shape index (κ2) is 10.6. The van der Waals surface area contributed by atoms with Crippen molar-refractivity contribution in [2.45, 2.75) is 25.8 Å². The smallest absolute Gasteiger partial charge is 0.306 e. The highest BCUT2D eigenvalue weighted by Crippen LogP contribution is 2.38. The topological polar surface area (TPSA) is 83.1 Å². The number of aryl methyl sites for hydroxylation is 1. The van der Waals surface area contributed by atoms with Gasteiger partial charge >= 0.3 is 5.97 Å². The van der Waals surface area contributed by atoms with Crippen molar-refractivity contribution in [3.63, 3.8) is 0 Å². The van der Waals surface area contributed by atoms with Crippen LogP contribution >= 0.6 is 11.3 Å². The van der Waals surface area contributed by atoms with E-state index >= 15 is 0 Å². The number of carbonyl (C=O) groups excluding carboxylic acids is 2. The van der Waals surface area contributed by atoms with Gasteiger partial charge in [0.25, 0.3) is 5.91 Å². The van der Waals surface area contributed by atoms with Crippen LogP contribution in [-0.2, 0) is 20.7 Å². The fourth-order valence-electron chi connectivity index (χ4n) is 2.64. The molecule has 0 bridgehead atoms. The molecule has 0 spiro atoms. The standard InChI is InChI=1S/C20H25NO6S/c1-13(17-6-5-9-28-17)21-18(22)12-27-19(23)8-7-14-10-15(24-2)20(26-4)16(11-14)25-3/h5-6,9-11,13H,7-8,12H2,1-4H3,(H,21,22)/t13-/m0/s1. The number of nitrogens with one attached hydrogen (secondary N) is 1. The number of methoxy groups -OCH3 is 3. The van der Waals surface area contributed by atoms with Gasteiger partial charge in [0.05, 0.1) is 27.4 Å². The second-order valence-electron chi connectivity index (χ2n) is 6.00. The number of hydrogen-bond acceptors (Lipinski definition) is 7. The van der Waals surface area contributed by atoms with E-state index < -0.39 is 5.97 Å². The Kier molecular flexibility index (Phi) is 8.13. The number of ether oxygens (including phenoxy) is 4. The van der Waals surface area contributed by atoms with Gasteiger partial charge in [-0.15, -0.1) is 11.3 Å². The van der Waals surface area contributed by atoms with Gasteiger partial charge < -0.3 is 24.3 Å². The minimum absolute atomic E-state index is 0.120. The van der Waals surface area contributed by atoms with E-state index in [0.717, 1.165) is 10.4 Å². The molecule has 1 aromatic carbocycles. The molecule has 0 aliphatic carbocycles. The van der Waals surface area contributed by atoms with E-state index in [2.05, 4.69) is 5.32 Å². The van der Waals surface area contributed by atoms with E-state index in [4.69, 9.17) is 18.9 Å². The minimum Gasteiger partial charge on any atom is -0.493 e. The maximum atomic E-state index is 12.0.